The summed E-state index contributed by atoms with van der Waals surface area (Å²) in [5.41, 5.74) is 1.42. The number of thiophene rings is 1. The Balaban J connectivity index is 1.90. The molecule has 1 atom stereocenters. The van der Waals surface area contributed by atoms with E-state index < -0.39 is 0 Å². The lowest BCUT2D eigenvalue weighted by atomic mass is 10.1. The third-order valence-corrected chi connectivity index (χ3v) is 4.10. The molecule has 1 aromatic heterocycles. The molecular formula is C13H20N2OS. The molecule has 94 valence electrons. The fourth-order valence-corrected chi connectivity index (χ4v) is 3.11. The number of nitrogens with zero attached hydrogens (tertiary/aromatic N) is 2. The summed E-state index contributed by atoms with van der Waals surface area (Å²) in [6, 6.07) is 2.75. The summed E-state index contributed by atoms with van der Waals surface area (Å²) < 4.78 is 0. The summed E-state index contributed by atoms with van der Waals surface area (Å²) in [6.07, 6.45) is 3.11. The maximum atomic E-state index is 11.6. The molecule has 0 unspecified atom stereocenters. The van der Waals surface area contributed by atoms with Crippen molar-refractivity contribution in [2.45, 2.75) is 25.3 Å². The molecule has 1 fully saturated rings. The second-order valence-electron chi connectivity index (χ2n) is 4.79. The zero-order valence-corrected chi connectivity index (χ0v) is 11.4. The number of amides is 1. The van der Waals surface area contributed by atoms with Gasteiger partial charge in [-0.05, 0) is 41.8 Å². The Kier molecular flexibility index (Phi) is 4.18. The van der Waals surface area contributed by atoms with Crippen LogP contribution in [0.5, 0.6) is 0 Å². The van der Waals surface area contributed by atoms with E-state index in [-0.39, 0.29) is 5.91 Å². The largest absolute Gasteiger partial charge is 0.349 e. The number of hydrogen-bond donors (Lipinski definition) is 0. The van der Waals surface area contributed by atoms with E-state index in [1.165, 1.54) is 18.4 Å². The molecule has 0 N–H and O–H groups in total. The van der Waals surface area contributed by atoms with Crippen LogP contribution in [0.3, 0.4) is 0 Å². The Morgan fingerprint density at radius 2 is 2.41 bits per heavy atom. The normalized spacial score (nSPS) is 20.7. The molecule has 0 bridgehead atoms. The fraction of sp³-hybridized carbons (Fsp3) is 0.615. The van der Waals surface area contributed by atoms with Gasteiger partial charge in [0, 0.05) is 33.1 Å². The van der Waals surface area contributed by atoms with Crippen LogP contribution in [-0.4, -0.2) is 42.9 Å². The lowest BCUT2D eigenvalue weighted by molar-refractivity contribution is -0.129. The molecule has 0 aromatic carbocycles. The molecule has 2 rings (SSSR count). The summed E-state index contributed by atoms with van der Waals surface area (Å²) in [5.74, 6) is 0.223. The van der Waals surface area contributed by atoms with Gasteiger partial charge in [0.2, 0.25) is 5.91 Å². The highest BCUT2D eigenvalue weighted by molar-refractivity contribution is 7.07. The molecule has 0 radical (unpaired) electrons. The van der Waals surface area contributed by atoms with E-state index in [1.54, 1.807) is 16.2 Å². The zero-order valence-electron chi connectivity index (χ0n) is 10.6. The molecule has 1 amide bonds. The van der Waals surface area contributed by atoms with Gasteiger partial charge in [0.05, 0.1) is 0 Å². The van der Waals surface area contributed by atoms with E-state index in [0.717, 1.165) is 13.1 Å². The van der Waals surface area contributed by atoms with Crippen molar-refractivity contribution in [2.24, 2.45) is 0 Å². The van der Waals surface area contributed by atoms with E-state index in [4.69, 9.17) is 0 Å². The smallest absolute Gasteiger partial charge is 0.223 e. The van der Waals surface area contributed by atoms with E-state index in [1.807, 2.05) is 14.1 Å². The molecule has 1 aliphatic heterocycles. The van der Waals surface area contributed by atoms with Crippen LogP contribution in [0.2, 0.25) is 0 Å². The number of carbonyl (C=O) groups excluding carboxylic acids is 1. The topological polar surface area (TPSA) is 23.6 Å². The van der Waals surface area contributed by atoms with Gasteiger partial charge in [-0.2, -0.15) is 11.3 Å². The molecule has 0 saturated carbocycles. The van der Waals surface area contributed by atoms with Crippen molar-refractivity contribution in [3.05, 3.63) is 22.4 Å². The first-order valence-corrected chi connectivity index (χ1v) is 7.09. The molecule has 0 spiro atoms. The third-order valence-electron chi connectivity index (χ3n) is 3.40. The summed E-state index contributed by atoms with van der Waals surface area (Å²) in [6.45, 7) is 2.01. The van der Waals surface area contributed by atoms with Gasteiger partial charge in [0.25, 0.3) is 0 Å². The molecule has 2 heterocycles. The zero-order chi connectivity index (χ0) is 12.3. The minimum atomic E-state index is 0.223. The second-order valence-corrected chi connectivity index (χ2v) is 5.57. The lowest BCUT2D eigenvalue weighted by Crippen LogP contribution is -2.30. The SMILES string of the molecule is CN(C)C(=O)CCN1CCC[C@H]1c1ccsc1. The number of hydrogen-bond acceptors (Lipinski definition) is 3. The van der Waals surface area contributed by atoms with Crippen molar-refractivity contribution in [1.29, 1.82) is 0 Å². The minimum absolute atomic E-state index is 0.223. The van der Waals surface area contributed by atoms with Crippen LogP contribution in [0.15, 0.2) is 16.8 Å². The fourth-order valence-electron chi connectivity index (χ4n) is 2.40. The maximum absolute atomic E-state index is 11.6. The van der Waals surface area contributed by atoms with Crippen LogP contribution in [0.25, 0.3) is 0 Å². The molecule has 4 heteroatoms. The third kappa shape index (κ3) is 3.07. The molecule has 0 aliphatic carbocycles. The first-order valence-electron chi connectivity index (χ1n) is 6.15. The molecule has 17 heavy (non-hydrogen) atoms. The molecule has 1 saturated heterocycles. The van der Waals surface area contributed by atoms with Crippen LogP contribution >= 0.6 is 11.3 Å². The van der Waals surface area contributed by atoms with Crippen molar-refractivity contribution >= 4 is 17.2 Å². The Morgan fingerprint density at radius 1 is 1.59 bits per heavy atom. The number of rotatable bonds is 4. The summed E-state index contributed by atoms with van der Waals surface area (Å²) >= 11 is 1.76. The molecular weight excluding hydrogens is 232 g/mol. The van der Waals surface area contributed by atoms with Gasteiger partial charge in [-0.25, -0.2) is 0 Å². The number of carbonyl (C=O) groups is 1. The highest BCUT2D eigenvalue weighted by atomic mass is 32.1. The Bertz CT molecular complexity index is 362. The number of likely N-dealkylation sites (tertiary alicyclic amines) is 1. The Hall–Kier alpha value is -0.870. The Labute approximate surface area is 107 Å². The average Bonchev–Trinajstić information content (AvgIpc) is 2.95. The van der Waals surface area contributed by atoms with Crippen molar-refractivity contribution in [2.75, 3.05) is 27.2 Å². The van der Waals surface area contributed by atoms with E-state index in [9.17, 15) is 4.79 Å². The van der Waals surface area contributed by atoms with Gasteiger partial charge in [-0.15, -0.1) is 0 Å². The summed E-state index contributed by atoms with van der Waals surface area (Å²) in [4.78, 5) is 15.7. The summed E-state index contributed by atoms with van der Waals surface area (Å²) in [5, 5.41) is 4.37. The van der Waals surface area contributed by atoms with Crippen LogP contribution in [-0.2, 0) is 4.79 Å². The second kappa shape index (κ2) is 5.65. The van der Waals surface area contributed by atoms with Crippen LogP contribution < -0.4 is 0 Å². The van der Waals surface area contributed by atoms with E-state index in [0.29, 0.717) is 12.5 Å². The van der Waals surface area contributed by atoms with Gasteiger partial charge in [0.1, 0.15) is 0 Å². The maximum Gasteiger partial charge on any atom is 0.223 e. The first kappa shape index (κ1) is 12.6. The lowest BCUT2D eigenvalue weighted by Gasteiger charge is -2.24. The van der Waals surface area contributed by atoms with Crippen molar-refractivity contribution < 1.29 is 4.79 Å². The van der Waals surface area contributed by atoms with E-state index >= 15 is 0 Å². The van der Waals surface area contributed by atoms with Crippen molar-refractivity contribution in [3.63, 3.8) is 0 Å². The van der Waals surface area contributed by atoms with Gasteiger partial charge in [-0.3, -0.25) is 9.69 Å². The van der Waals surface area contributed by atoms with Gasteiger partial charge < -0.3 is 4.90 Å². The summed E-state index contributed by atoms with van der Waals surface area (Å²) in [7, 11) is 3.64. The highest BCUT2D eigenvalue weighted by Gasteiger charge is 2.26. The average molecular weight is 252 g/mol. The quantitative estimate of drug-likeness (QED) is 0.821. The van der Waals surface area contributed by atoms with E-state index in [2.05, 4.69) is 21.7 Å². The molecule has 1 aromatic rings. The molecule has 3 nitrogen and oxygen atoms in total. The molecule has 1 aliphatic rings. The van der Waals surface area contributed by atoms with Crippen LogP contribution in [0.1, 0.15) is 30.9 Å². The standard InChI is InChI=1S/C13H20N2OS/c1-14(2)13(16)5-8-15-7-3-4-12(15)11-6-9-17-10-11/h6,9-10,12H,3-5,7-8H2,1-2H3/t12-/m0/s1. The van der Waals surface area contributed by atoms with Crippen molar-refractivity contribution in [3.8, 4) is 0 Å². The Morgan fingerprint density at radius 3 is 3.06 bits per heavy atom. The van der Waals surface area contributed by atoms with Gasteiger partial charge in [0.15, 0.2) is 0 Å². The van der Waals surface area contributed by atoms with Gasteiger partial charge >= 0.3 is 0 Å². The van der Waals surface area contributed by atoms with Gasteiger partial charge in [-0.1, -0.05) is 0 Å². The monoisotopic (exact) mass is 252 g/mol. The minimum Gasteiger partial charge on any atom is -0.349 e. The predicted molar refractivity (Wildman–Crippen MR) is 71.2 cm³/mol. The highest BCUT2D eigenvalue weighted by Crippen LogP contribution is 2.32. The van der Waals surface area contributed by atoms with Crippen LogP contribution in [0.4, 0.5) is 0 Å². The predicted octanol–water partition coefficient (Wildman–Crippen LogP) is 2.36. The van der Waals surface area contributed by atoms with Crippen LogP contribution in [0, 0.1) is 0 Å². The van der Waals surface area contributed by atoms with Crippen molar-refractivity contribution in [1.82, 2.24) is 9.80 Å². The first-order chi connectivity index (χ1) is 8.18.